The van der Waals surface area contributed by atoms with Crippen LogP contribution in [0.15, 0.2) is 17.0 Å². The van der Waals surface area contributed by atoms with Gasteiger partial charge in [-0.05, 0) is 30.5 Å². The Balaban J connectivity index is 3.30. The molecule has 0 spiro atoms. The molecule has 0 fully saturated rings. The van der Waals surface area contributed by atoms with Crippen LogP contribution < -0.4 is 0 Å². The largest absolute Gasteiger partial charge is 0.465 e. The number of terminal acetylenes is 1. The van der Waals surface area contributed by atoms with Crippen molar-refractivity contribution in [3.8, 4) is 12.3 Å². The van der Waals surface area contributed by atoms with Gasteiger partial charge in [-0.3, -0.25) is 0 Å². The van der Waals surface area contributed by atoms with Gasteiger partial charge in [0, 0.05) is 11.8 Å². The molecule has 0 aliphatic carbocycles. The molecule has 1 aromatic rings. The zero-order valence-electron chi connectivity index (χ0n) is 13.3. The molecule has 5 heteroatoms. The van der Waals surface area contributed by atoms with Gasteiger partial charge in [0.05, 0.1) is 17.6 Å². The highest BCUT2D eigenvalue weighted by atomic mass is 32.2. The summed E-state index contributed by atoms with van der Waals surface area (Å²) in [6.07, 6.45) is 11.3. The summed E-state index contributed by atoms with van der Waals surface area (Å²) in [5.41, 5.74) is 1.15. The van der Waals surface area contributed by atoms with Crippen LogP contribution in [0.25, 0.3) is 0 Å². The van der Waals surface area contributed by atoms with Crippen LogP contribution in [0.2, 0.25) is 0 Å². The van der Waals surface area contributed by atoms with Crippen LogP contribution >= 0.6 is 0 Å². The van der Waals surface area contributed by atoms with Gasteiger partial charge in [-0.2, -0.15) is 0 Å². The second-order valence-corrected chi connectivity index (χ2v) is 7.21. The van der Waals surface area contributed by atoms with Gasteiger partial charge in [0.15, 0.2) is 9.84 Å². The van der Waals surface area contributed by atoms with Gasteiger partial charge in [0.25, 0.3) is 0 Å². The van der Waals surface area contributed by atoms with E-state index in [1.54, 1.807) is 6.07 Å². The lowest BCUT2D eigenvalue weighted by molar-refractivity contribution is 0.0600. The van der Waals surface area contributed by atoms with Crippen LogP contribution in [-0.2, 0) is 21.0 Å². The number of ether oxygens (including phenoxy) is 1. The van der Waals surface area contributed by atoms with E-state index < -0.39 is 15.8 Å². The van der Waals surface area contributed by atoms with Crippen molar-refractivity contribution < 1.29 is 17.9 Å². The predicted molar refractivity (Wildman–Crippen MR) is 86.7 cm³/mol. The number of sulfone groups is 1. The van der Waals surface area contributed by atoms with Crippen molar-refractivity contribution >= 4 is 15.8 Å². The Labute approximate surface area is 132 Å². The first-order valence-corrected chi connectivity index (χ1v) is 9.16. The summed E-state index contributed by atoms with van der Waals surface area (Å²) < 4.78 is 28.7. The zero-order chi connectivity index (χ0) is 16.8. The maximum atomic E-state index is 12.0. The minimum atomic E-state index is -3.44. The molecule has 0 heterocycles. The summed E-state index contributed by atoms with van der Waals surface area (Å²) >= 11 is 0. The van der Waals surface area contributed by atoms with Gasteiger partial charge in [0.2, 0.25) is 0 Å². The van der Waals surface area contributed by atoms with E-state index in [2.05, 4.69) is 17.6 Å². The first kappa shape index (κ1) is 18.2. The molecule has 0 saturated heterocycles. The molecule has 0 atom stereocenters. The highest BCUT2D eigenvalue weighted by Crippen LogP contribution is 2.24. The van der Waals surface area contributed by atoms with Gasteiger partial charge in [0.1, 0.15) is 0 Å². The minimum Gasteiger partial charge on any atom is -0.465 e. The highest BCUT2D eigenvalue weighted by molar-refractivity contribution is 7.90. The average molecular weight is 322 g/mol. The summed E-state index contributed by atoms with van der Waals surface area (Å²) in [6, 6.07) is 2.96. The molecule has 0 radical (unpaired) electrons. The van der Waals surface area contributed by atoms with Crippen molar-refractivity contribution in [2.24, 2.45) is 0 Å². The third-order valence-corrected chi connectivity index (χ3v) is 4.64. The molecular weight excluding hydrogens is 300 g/mol. The topological polar surface area (TPSA) is 60.4 Å². The van der Waals surface area contributed by atoms with Crippen LogP contribution in [0.3, 0.4) is 0 Å². The fourth-order valence-electron chi connectivity index (χ4n) is 2.31. The van der Waals surface area contributed by atoms with Crippen molar-refractivity contribution in [3.05, 3.63) is 28.8 Å². The lowest BCUT2D eigenvalue weighted by atomic mass is 10.00. The second kappa shape index (κ2) is 8.00. The number of hydrogen-bond acceptors (Lipinski definition) is 4. The average Bonchev–Trinajstić information content (AvgIpc) is 2.49. The van der Waals surface area contributed by atoms with E-state index in [1.807, 2.05) is 0 Å². The second-order valence-electron chi connectivity index (χ2n) is 5.22. The fraction of sp³-hybridized carbons (Fsp3) is 0.471. The lowest BCUT2D eigenvalue weighted by Gasteiger charge is -2.12. The summed E-state index contributed by atoms with van der Waals surface area (Å²) in [6.45, 7) is 2.11. The van der Waals surface area contributed by atoms with E-state index in [1.165, 1.54) is 13.2 Å². The first-order valence-electron chi connectivity index (χ1n) is 7.27. The van der Waals surface area contributed by atoms with Crippen LogP contribution in [0, 0.1) is 12.3 Å². The molecule has 0 N–H and O–H groups in total. The predicted octanol–water partition coefficient (Wildman–Crippen LogP) is 2.98. The van der Waals surface area contributed by atoms with Gasteiger partial charge in [-0.25, -0.2) is 13.2 Å². The Morgan fingerprint density at radius 1 is 1.27 bits per heavy atom. The SMILES string of the molecule is C#Cc1cc(CCCCCC)c(S(C)(=O)=O)cc1C(=O)OC. The fourth-order valence-corrected chi connectivity index (χ4v) is 3.27. The molecule has 0 aliphatic rings. The Morgan fingerprint density at radius 3 is 2.45 bits per heavy atom. The molecule has 0 saturated carbocycles. The lowest BCUT2D eigenvalue weighted by Crippen LogP contribution is -2.10. The molecule has 0 aromatic heterocycles. The molecule has 0 aliphatic heterocycles. The minimum absolute atomic E-state index is 0.114. The number of carbonyl (C=O) groups excluding carboxylic acids is 1. The third kappa shape index (κ3) is 4.60. The quantitative estimate of drug-likeness (QED) is 0.440. The number of unbranched alkanes of at least 4 members (excludes halogenated alkanes) is 3. The van der Waals surface area contributed by atoms with E-state index >= 15 is 0 Å². The number of aryl methyl sites for hydroxylation is 1. The van der Waals surface area contributed by atoms with Gasteiger partial charge in [-0.15, -0.1) is 6.42 Å². The number of methoxy groups -OCH3 is 1. The first-order chi connectivity index (χ1) is 10.3. The molecular formula is C17H22O4S. The van der Waals surface area contributed by atoms with E-state index in [-0.39, 0.29) is 10.5 Å². The van der Waals surface area contributed by atoms with E-state index in [0.29, 0.717) is 17.5 Å². The number of rotatable bonds is 7. The number of carbonyl (C=O) groups is 1. The highest BCUT2D eigenvalue weighted by Gasteiger charge is 2.20. The van der Waals surface area contributed by atoms with Crippen molar-refractivity contribution in [3.63, 3.8) is 0 Å². The standard InChI is InChI=1S/C17H22O4S/c1-5-7-8-9-10-14-11-13(6-2)15(17(18)21-3)12-16(14)22(4,19)20/h2,11-12H,5,7-10H2,1,3-4H3. The molecule has 4 nitrogen and oxygen atoms in total. The smallest absolute Gasteiger partial charge is 0.339 e. The Hall–Kier alpha value is -1.80. The Bertz CT molecular complexity index is 681. The molecule has 22 heavy (non-hydrogen) atoms. The third-order valence-electron chi connectivity index (χ3n) is 3.46. The van der Waals surface area contributed by atoms with Crippen molar-refractivity contribution in [1.82, 2.24) is 0 Å². The van der Waals surface area contributed by atoms with Crippen LogP contribution in [0.4, 0.5) is 0 Å². The van der Waals surface area contributed by atoms with Gasteiger partial charge < -0.3 is 4.74 Å². The summed E-state index contributed by atoms with van der Waals surface area (Å²) in [7, 11) is -2.20. The van der Waals surface area contributed by atoms with Crippen molar-refractivity contribution in [1.29, 1.82) is 0 Å². The molecule has 0 unspecified atom stereocenters. The Morgan fingerprint density at radius 2 is 1.95 bits per heavy atom. The normalized spacial score (nSPS) is 11.0. The summed E-state index contributed by atoms with van der Waals surface area (Å²) in [5.74, 6) is 1.81. The Kier molecular flexibility index (Phi) is 6.63. The van der Waals surface area contributed by atoms with Crippen molar-refractivity contribution in [2.45, 2.75) is 43.9 Å². The molecule has 1 aromatic carbocycles. The van der Waals surface area contributed by atoms with E-state index in [9.17, 15) is 13.2 Å². The van der Waals surface area contributed by atoms with E-state index in [4.69, 9.17) is 6.42 Å². The summed E-state index contributed by atoms with van der Waals surface area (Å²) in [5, 5.41) is 0. The number of hydrogen-bond donors (Lipinski definition) is 0. The molecule has 0 bridgehead atoms. The van der Waals surface area contributed by atoms with Crippen LogP contribution in [-0.4, -0.2) is 27.8 Å². The zero-order valence-corrected chi connectivity index (χ0v) is 14.1. The monoisotopic (exact) mass is 322 g/mol. The molecule has 1 rings (SSSR count). The maximum Gasteiger partial charge on any atom is 0.339 e. The van der Waals surface area contributed by atoms with Crippen LogP contribution in [0.5, 0.6) is 0 Å². The molecule has 0 amide bonds. The maximum absolute atomic E-state index is 12.0. The number of benzene rings is 1. The van der Waals surface area contributed by atoms with Crippen molar-refractivity contribution in [2.75, 3.05) is 13.4 Å². The van der Waals surface area contributed by atoms with Crippen LogP contribution in [0.1, 0.15) is 54.1 Å². The van der Waals surface area contributed by atoms with Gasteiger partial charge in [-0.1, -0.05) is 32.1 Å². The van der Waals surface area contributed by atoms with Gasteiger partial charge >= 0.3 is 5.97 Å². The molecule has 120 valence electrons. The number of esters is 1. The van der Waals surface area contributed by atoms with E-state index in [0.717, 1.165) is 31.9 Å². The summed E-state index contributed by atoms with van der Waals surface area (Å²) in [4.78, 5) is 11.9.